The number of para-hydroxylation sites is 2. The van der Waals surface area contributed by atoms with Gasteiger partial charge < -0.3 is 19.5 Å². The lowest BCUT2D eigenvalue weighted by molar-refractivity contribution is -0.127. The molecule has 2 amide bonds. The molecule has 0 aliphatic carbocycles. The smallest absolute Gasteiger partial charge is 0.294 e. The number of hydrogen-bond acceptors (Lipinski definition) is 5. The second kappa shape index (κ2) is 9.31. The average molecular weight is 400 g/mol. The van der Waals surface area contributed by atoms with Crippen LogP contribution < -0.4 is 15.0 Å². The standard InChI is InChI=1S/C21H21FN2O5/c1-27-20(28-2)12-23-19(25)13-24-16-9-5-6-10-17(16)29-18(21(24)26)11-14-7-3-4-8-15(14)22/h3-11,20H,12-13H2,1-2H3,(H,23,25). The van der Waals surface area contributed by atoms with Crippen molar-refractivity contribution in [1.29, 1.82) is 0 Å². The van der Waals surface area contributed by atoms with Crippen LogP contribution in [0.2, 0.25) is 0 Å². The van der Waals surface area contributed by atoms with Crippen LogP contribution in [-0.2, 0) is 19.1 Å². The number of amides is 2. The first kappa shape index (κ1) is 20.5. The summed E-state index contributed by atoms with van der Waals surface area (Å²) < 4.78 is 29.7. The molecule has 1 aliphatic heterocycles. The van der Waals surface area contributed by atoms with E-state index < -0.39 is 23.9 Å². The summed E-state index contributed by atoms with van der Waals surface area (Å²) in [7, 11) is 2.92. The van der Waals surface area contributed by atoms with Gasteiger partial charge in [-0.3, -0.25) is 14.5 Å². The van der Waals surface area contributed by atoms with Crippen LogP contribution in [0.3, 0.4) is 0 Å². The summed E-state index contributed by atoms with van der Waals surface area (Å²) in [5.74, 6) is -1.11. The molecule has 29 heavy (non-hydrogen) atoms. The number of benzene rings is 2. The van der Waals surface area contributed by atoms with E-state index in [2.05, 4.69) is 5.32 Å². The second-order valence-corrected chi connectivity index (χ2v) is 6.20. The molecular weight excluding hydrogens is 379 g/mol. The number of anilines is 1. The SMILES string of the molecule is COC(CNC(=O)CN1C(=O)C(=Cc2ccccc2F)Oc2ccccc21)OC. The van der Waals surface area contributed by atoms with Crippen LogP contribution >= 0.6 is 0 Å². The number of rotatable bonds is 7. The van der Waals surface area contributed by atoms with Crippen molar-refractivity contribution < 1.29 is 28.2 Å². The third-order valence-electron chi connectivity index (χ3n) is 4.32. The minimum absolute atomic E-state index is 0.0757. The fourth-order valence-electron chi connectivity index (χ4n) is 2.81. The maximum absolute atomic E-state index is 14.0. The van der Waals surface area contributed by atoms with Crippen molar-refractivity contribution in [2.24, 2.45) is 0 Å². The van der Waals surface area contributed by atoms with E-state index in [1.165, 1.54) is 37.3 Å². The highest BCUT2D eigenvalue weighted by Crippen LogP contribution is 2.35. The molecule has 0 radical (unpaired) electrons. The van der Waals surface area contributed by atoms with Crippen molar-refractivity contribution >= 4 is 23.6 Å². The van der Waals surface area contributed by atoms with E-state index >= 15 is 0 Å². The van der Waals surface area contributed by atoms with Crippen LogP contribution in [0.4, 0.5) is 10.1 Å². The first-order valence-corrected chi connectivity index (χ1v) is 8.90. The number of fused-ring (bicyclic) bond motifs is 1. The van der Waals surface area contributed by atoms with Crippen LogP contribution in [0.5, 0.6) is 5.75 Å². The number of carbonyl (C=O) groups excluding carboxylic acids is 2. The van der Waals surface area contributed by atoms with Crippen molar-refractivity contribution in [2.75, 3.05) is 32.2 Å². The van der Waals surface area contributed by atoms with Gasteiger partial charge in [-0.05, 0) is 24.3 Å². The Morgan fingerprint density at radius 2 is 1.86 bits per heavy atom. The van der Waals surface area contributed by atoms with E-state index in [4.69, 9.17) is 14.2 Å². The summed E-state index contributed by atoms with van der Waals surface area (Å²) in [6.07, 6.45) is 0.729. The molecule has 1 heterocycles. The summed E-state index contributed by atoms with van der Waals surface area (Å²) in [5, 5.41) is 2.65. The Morgan fingerprint density at radius 3 is 2.59 bits per heavy atom. The molecule has 3 rings (SSSR count). The zero-order chi connectivity index (χ0) is 20.8. The lowest BCUT2D eigenvalue weighted by atomic mass is 10.1. The van der Waals surface area contributed by atoms with Crippen LogP contribution in [0.15, 0.2) is 54.3 Å². The minimum atomic E-state index is -0.594. The van der Waals surface area contributed by atoms with E-state index in [9.17, 15) is 14.0 Å². The molecule has 0 aromatic heterocycles. The molecule has 0 saturated carbocycles. The van der Waals surface area contributed by atoms with Crippen molar-refractivity contribution in [1.82, 2.24) is 5.32 Å². The molecule has 2 aromatic rings. The topological polar surface area (TPSA) is 77.1 Å². The van der Waals surface area contributed by atoms with E-state index in [-0.39, 0.29) is 24.4 Å². The number of halogens is 1. The van der Waals surface area contributed by atoms with Gasteiger partial charge >= 0.3 is 0 Å². The highest BCUT2D eigenvalue weighted by atomic mass is 19.1. The fourth-order valence-corrected chi connectivity index (χ4v) is 2.81. The van der Waals surface area contributed by atoms with Gasteiger partial charge in [0.2, 0.25) is 5.91 Å². The van der Waals surface area contributed by atoms with Crippen molar-refractivity contribution in [3.05, 3.63) is 65.7 Å². The monoisotopic (exact) mass is 400 g/mol. The van der Waals surface area contributed by atoms with E-state index in [0.717, 1.165) is 0 Å². The van der Waals surface area contributed by atoms with Gasteiger partial charge in [-0.1, -0.05) is 30.3 Å². The summed E-state index contributed by atoms with van der Waals surface area (Å²) in [6, 6.07) is 12.9. The Hall–Kier alpha value is -3.23. The van der Waals surface area contributed by atoms with Crippen LogP contribution in [0.1, 0.15) is 5.56 Å². The molecule has 0 spiro atoms. The zero-order valence-corrected chi connectivity index (χ0v) is 16.1. The van der Waals surface area contributed by atoms with Crippen LogP contribution in [0.25, 0.3) is 6.08 Å². The first-order chi connectivity index (χ1) is 14.0. The second-order valence-electron chi connectivity index (χ2n) is 6.20. The van der Waals surface area contributed by atoms with E-state index in [1.54, 1.807) is 36.4 Å². The minimum Gasteiger partial charge on any atom is -0.449 e. The van der Waals surface area contributed by atoms with Crippen LogP contribution in [0, 0.1) is 5.82 Å². The molecule has 2 aromatic carbocycles. The highest BCUT2D eigenvalue weighted by molar-refractivity contribution is 6.12. The van der Waals surface area contributed by atoms with E-state index in [1.807, 2.05) is 0 Å². The van der Waals surface area contributed by atoms with Gasteiger partial charge in [0.15, 0.2) is 17.8 Å². The van der Waals surface area contributed by atoms with Gasteiger partial charge in [-0.2, -0.15) is 0 Å². The summed E-state index contributed by atoms with van der Waals surface area (Å²) in [4.78, 5) is 26.6. The molecule has 1 aliphatic rings. The molecule has 0 atom stereocenters. The Kier molecular flexibility index (Phi) is 6.58. The van der Waals surface area contributed by atoms with E-state index in [0.29, 0.717) is 11.4 Å². The molecular formula is C21H21FN2O5. The molecule has 1 N–H and O–H groups in total. The zero-order valence-electron chi connectivity index (χ0n) is 16.1. The number of nitrogens with zero attached hydrogens (tertiary/aromatic N) is 1. The molecule has 7 nitrogen and oxygen atoms in total. The van der Waals surface area contributed by atoms with Crippen molar-refractivity contribution in [3.8, 4) is 5.75 Å². The number of ether oxygens (including phenoxy) is 3. The number of nitrogens with one attached hydrogen (secondary N) is 1. The normalized spacial score (nSPS) is 14.7. The van der Waals surface area contributed by atoms with Gasteiger partial charge in [0.05, 0.1) is 12.2 Å². The molecule has 0 unspecified atom stereocenters. The molecule has 0 fully saturated rings. The Bertz CT molecular complexity index is 927. The van der Waals surface area contributed by atoms with Gasteiger partial charge in [0.25, 0.3) is 5.91 Å². The maximum Gasteiger partial charge on any atom is 0.294 e. The quantitative estimate of drug-likeness (QED) is 0.570. The molecule has 0 saturated heterocycles. The Labute approximate surface area is 167 Å². The van der Waals surface area contributed by atoms with Crippen molar-refractivity contribution in [3.63, 3.8) is 0 Å². The largest absolute Gasteiger partial charge is 0.449 e. The predicted octanol–water partition coefficient (Wildman–Crippen LogP) is 2.33. The van der Waals surface area contributed by atoms with Gasteiger partial charge in [-0.15, -0.1) is 0 Å². The summed E-state index contributed by atoms with van der Waals surface area (Å²) in [6.45, 7) is -0.113. The van der Waals surface area contributed by atoms with Gasteiger partial charge in [0.1, 0.15) is 12.4 Å². The predicted molar refractivity (Wildman–Crippen MR) is 105 cm³/mol. The number of hydrogen-bond donors (Lipinski definition) is 1. The molecule has 8 heteroatoms. The number of carbonyl (C=O) groups is 2. The van der Waals surface area contributed by atoms with Crippen molar-refractivity contribution in [2.45, 2.75) is 6.29 Å². The summed E-state index contributed by atoms with van der Waals surface area (Å²) >= 11 is 0. The van der Waals surface area contributed by atoms with Gasteiger partial charge in [0, 0.05) is 19.8 Å². The maximum atomic E-state index is 14.0. The average Bonchev–Trinajstić information content (AvgIpc) is 2.73. The lowest BCUT2D eigenvalue weighted by Gasteiger charge is -2.30. The summed E-state index contributed by atoms with van der Waals surface area (Å²) in [5.41, 5.74) is 0.663. The third-order valence-corrected chi connectivity index (χ3v) is 4.32. The fraction of sp³-hybridized carbons (Fsp3) is 0.238. The van der Waals surface area contributed by atoms with Crippen LogP contribution in [-0.4, -0.2) is 45.4 Å². The third kappa shape index (κ3) is 4.79. The van der Waals surface area contributed by atoms with Gasteiger partial charge in [-0.25, -0.2) is 4.39 Å². The lowest BCUT2D eigenvalue weighted by Crippen LogP contribution is -2.45. The number of methoxy groups -OCH3 is 2. The molecule has 0 bridgehead atoms. The molecule has 152 valence electrons. The first-order valence-electron chi connectivity index (χ1n) is 8.90. The highest BCUT2D eigenvalue weighted by Gasteiger charge is 2.31. The Balaban J connectivity index is 1.84. The Morgan fingerprint density at radius 1 is 1.17 bits per heavy atom.